The van der Waals surface area contributed by atoms with Crippen LogP contribution in [0.1, 0.15) is 11.4 Å². The summed E-state index contributed by atoms with van der Waals surface area (Å²) < 4.78 is 49.3. The van der Waals surface area contributed by atoms with Crippen molar-refractivity contribution in [3.63, 3.8) is 0 Å². The first-order valence-corrected chi connectivity index (χ1v) is 9.43. The van der Waals surface area contributed by atoms with E-state index in [0.29, 0.717) is 0 Å². The minimum absolute atomic E-state index is 0.0206. The molecule has 4 aromatic rings. The first-order chi connectivity index (χ1) is 15.2. The number of ether oxygens (including phenoxy) is 1. The monoisotopic (exact) mass is 466 g/mol. The third kappa shape index (κ3) is 3.73. The van der Waals surface area contributed by atoms with Crippen molar-refractivity contribution in [1.29, 1.82) is 0 Å². The van der Waals surface area contributed by atoms with Crippen LogP contribution in [0.3, 0.4) is 0 Å². The zero-order chi connectivity index (χ0) is 23.2. The minimum Gasteiger partial charge on any atom is -0.480 e. The van der Waals surface area contributed by atoms with E-state index in [1.165, 1.54) is 24.2 Å². The second kappa shape index (κ2) is 8.11. The van der Waals surface area contributed by atoms with Gasteiger partial charge in [0.2, 0.25) is 5.88 Å². The van der Waals surface area contributed by atoms with Crippen molar-refractivity contribution in [2.24, 2.45) is 7.05 Å². The van der Waals surface area contributed by atoms with Crippen LogP contribution >= 0.6 is 11.6 Å². The lowest BCUT2D eigenvalue weighted by Gasteiger charge is -2.15. The first-order valence-electron chi connectivity index (χ1n) is 9.05. The standard InChI is InChI=1S/C19H14ClF3N6O3/c1-27-8-24-14(26-27)7-29-18(30)15-12(5-13(20)25-17(15)32-2)28(19(29)31)6-9-3-10(21)16(23)11(22)4-9/h3-5,8H,6-7H2,1-2H3. The summed E-state index contributed by atoms with van der Waals surface area (Å²) in [5, 5.41) is 3.89. The number of aromatic nitrogens is 6. The quantitative estimate of drug-likeness (QED) is 0.329. The number of pyridine rings is 1. The third-order valence-corrected chi connectivity index (χ3v) is 4.86. The molecule has 0 amide bonds. The van der Waals surface area contributed by atoms with Crippen molar-refractivity contribution >= 4 is 22.5 Å². The summed E-state index contributed by atoms with van der Waals surface area (Å²) in [5.74, 6) is -4.44. The van der Waals surface area contributed by atoms with E-state index in [0.717, 1.165) is 21.3 Å². The first kappa shape index (κ1) is 21.6. The van der Waals surface area contributed by atoms with E-state index in [1.54, 1.807) is 7.05 Å². The molecule has 1 aromatic carbocycles. The summed E-state index contributed by atoms with van der Waals surface area (Å²) in [6.07, 6.45) is 1.39. The van der Waals surface area contributed by atoms with E-state index in [2.05, 4.69) is 15.1 Å². The lowest BCUT2D eigenvalue weighted by Crippen LogP contribution is -2.41. The number of hydrogen-bond donors (Lipinski definition) is 0. The van der Waals surface area contributed by atoms with Gasteiger partial charge in [0.25, 0.3) is 5.56 Å². The fourth-order valence-electron chi connectivity index (χ4n) is 3.28. The molecule has 3 heterocycles. The average molecular weight is 467 g/mol. The number of aryl methyl sites for hydroxylation is 1. The minimum atomic E-state index is -1.63. The van der Waals surface area contributed by atoms with E-state index in [-0.39, 0.29) is 39.9 Å². The second-order valence-corrected chi connectivity index (χ2v) is 7.20. The van der Waals surface area contributed by atoms with E-state index in [1.807, 2.05) is 0 Å². The van der Waals surface area contributed by atoms with Gasteiger partial charge in [0.15, 0.2) is 23.3 Å². The molecule has 0 saturated heterocycles. The van der Waals surface area contributed by atoms with Gasteiger partial charge in [0.05, 0.1) is 25.7 Å². The Morgan fingerprint density at radius 1 is 1.06 bits per heavy atom. The highest BCUT2D eigenvalue weighted by atomic mass is 35.5. The number of nitrogens with zero attached hydrogens (tertiary/aromatic N) is 6. The van der Waals surface area contributed by atoms with Gasteiger partial charge in [-0.05, 0) is 17.7 Å². The summed E-state index contributed by atoms with van der Waals surface area (Å²) in [4.78, 5) is 34.4. The number of fused-ring (bicyclic) bond motifs is 1. The van der Waals surface area contributed by atoms with Crippen molar-refractivity contribution in [3.05, 3.63) is 79.4 Å². The molecule has 9 nitrogen and oxygen atoms in total. The molecule has 13 heteroatoms. The molecule has 0 N–H and O–H groups in total. The van der Waals surface area contributed by atoms with Gasteiger partial charge in [-0.1, -0.05) is 11.6 Å². The molecule has 0 aliphatic carbocycles. The van der Waals surface area contributed by atoms with Gasteiger partial charge >= 0.3 is 5.69 Å². The lowest BCUT2D eigenvalue weighted by atomic mass is 10.2. The normalized spacial score (nSPS) is 11.3. The van der Waals surface area contributed by atoms with Crippen molar-refractivity contribution in [1.82, 2.24) is 28.9 Å². The zero-order valence-electron chi connectivity index (χ0n) is 16.6. The van der Waals surface area contributed by atoms with Crippen LogP contribution in [0.15, 0.2) is 34.1 Å². The van der Waals surface area contributed by atoms with Crippen molar-refractivity contribution in [2.45, 2.75) is 13.1 Å². The molecule has 0 unspecified atom stereocenters. The van der Waals surface area contributed by atoms with Crippen LogP contribution in [0.4, 0.5) is 13.2 Å². The van der Waals surface area contributed by atoms with Gasteiger partial charge in [0, 0.05) is 13.1 Å². The van der Waals surface area contributed by atoms with Crippen LogP contribution < -0.4 is 16.0 Å². The van der Waals surface area contributed by atoms with Crippen LogP contribution in [0.2, 0.25) is 5.15 Å². The van der Waals surface area contributed by atoms with Crippen LogP contribution in [0.5, 0.6) is 5.88 Å². The Morgan fingerprint density at radius 3 is 2.34 bits per heavy atom. The third-order valence-electron chi connectivity index (χ3n) is 4.67. The Bertz CT molecular complexity index is 1460. The van der Waals surface area contributed by atoms with Gasteiger partial charge in [0.1, 0.15) is 16.9 Å². The number of methoxy groups -OCH3 is 1. The molecular weight excluding hydrogens is 453 g/mol. The van der Waals surface area contributed by atoms with Crippen molar-refractivity contribution in [3.8, 4) is 5.88 Å². The summed E-state index contributed by atoms with van der Waals surface area (Å²) >= 11 is 6.02. The number of halogens is 4. The molecule has 4 rings (SSSR count). The predicted molar refractivity (Wildman–Crippen MR) is 107 cm³/mol. The Hall–Kier alpha value is -3.67. The van der Waals surface area contributed by atoms with E-state index in [9.17, 15) is 22.8 Å². The fraction of sp³-hybridized carbons (Fsp3) is 0.211. The van der Waals surface area contributed by atoms with Gasteiger partial charge < -0.3 is 4.74 Å². The molecule has 0 spiro atoms. The van der Waals surface area contributed by atoms with Crippen LogP contribution in [-0.4, -0.2) is 36.0 Å². The Morgan fingerprint density at radius 2 is 1.75 bits per heavy atom. The number of rotatable bonds is 5. The summed E-state index contributed by atoms with van der Waals surface area (Å²) in [5.41, 5.74) is -1.61. The molecule has 0 bridgehead atoms. The molecule has 0 fully saturated rings. The Labute approximate surface area is 182 Å². The molecule has 3 aromatic heterocycles. The molecule has 32 heavy (non-hydrogen) atoms. The maximum Gasteiger partial charge on any atom is 0.332 e. The predicted octanol–water partition coefficient (Wildman–Crippen LogP) is 1.86. The number of benzene rings is 1. The largest absolute Gasteiger partial charge is 0.480 e. The van der Waals surface area contributed by atoms with Crippen LogP contribution in [0, 0.1) is 17.5 Å². The highest BCUT2D eigenvalue weighted by Gasteiger charge is 2.21. The SMILES string of the molecule is COc1nc(Cl)cc2c1c(=O)n(Cc1ncn(C)n1)c(=O)n2Cc1cc(F)c(F)c(F)c1. The Balaban J connectivity index is 2.01. The van der Waals surface area contributed by atoms with Gasteiger partial charge in [-0.15, -0.1) is 0 Å². The molecule has 0 atom stereocenters. The van der Waals surface area contributed by atoms with E-state index < -0.39 is 35.2 Å². The van der Waals surface area contributed by atoms with E-state index >= 15 is 0 Å². The summed E-state index contributed by atoms with van der Waals surface area (Å²) in [7, 11) is 2.88. The summed E-state index contributed by atoms with van der Waals surface area (Å²) in [6, 6.07) is 2.76. The van der Waals surface area contributed by atoms with Gasteiger partial charge in [-0.25, -0.2) is 27.9 Å². The molecule has 0 radical (unpaired) electrons. The smallest absolute Gasteiger partial charge is 0.332 e. The molecule has 166 valence electrons. The van der Waals surface area contributed by atoms with E-state index in [4.69, 9.17) is 16.3 Å². The van der Waals surface area contributed by atoms with Gasteiger partial charge in [-0.2, -0.15) is 5.10 Å². The highest BCUT2D eigenvalue weighted by Crippen LogP contribution is 2.24. The topological polar surface area (TPSA) is 96.8 Å². The van der Waals surface area contributed by atoms with Crippen molar-refractivity contribution < 1.29 is 17.9 Å². The maximum atomic E-state index is 13.7. The second-order valence-electron chi connectivity index (χ2n) is 6.82. The highest BCUT2D eigenvalue weighted by molar-refractivity contribution is 6.30. The maximum absolute atomic E-state index is 13.7. The molecule has 0 aliphatic rings. The fourth-order valence-corrected chi connectivity index (χ4v) is 3.46. The number of hydrogen-bond acceptors (Lipinski definition) is 6. The average Bonchev–Trinajstić information content (AvgIpc) is 3.16. The summed E-state index contributed by atoms with van der Waals surface area (Å²) in [6.45, 7) is -0.685. The molecule has 0 saturated carbocycles. The Kier molecular flexibility index (Phi) is 5.46. The van der Waals surface area contributed by atoms with Crippen LogP contribution in [0.25, 0.3) is 10.9 Å². The molecule has 0 aliphatic heterocycles. The van der Waals surface area contributed by atoms with Crippen molar-refractivity contribution in [2.75, 3.05) is 7.11 Å². The van der Waals surface area contributed by atoms with Gasteiger partial charge in [-0.3, -0.25) is 18.6 Å². The zero-order valence-corrected chi connectivity index (χ0v) is 17.4. The lowest BCUT2D eigenvalue weighted by molar-refractivity contribution is 0.402. The van der Waals surface area contributed by atoms with Crippen LogP contribution in [-0.2, 0) is 20.1 Å². The molecular formula is C19H14ClF3N6O3.